The van der Waals surface area contributed by atoms with Crippen LogP contribution in [0.3, 0.4) is 0 Å². The van der Waals surface area contributed by atoms with Gasteiger partial charge < -0.3 is 0 Å². The number of hydrogen-bond donors (Lipinski definition) is 0. The molecule has 0 aliphatic heterocycles. The van der Waals surface area contributed by atoms with Crippen molar-refractivity contribution in [2.45, 2.75) is 18.7 Å². The van der Waals surface area contributed by atoms with Gasteiger partial charge in [-0.15, -0.1) is 0 Å². The van der Waals surface area contributed by atoms with Crippen molar-refractivity contribution in [1.82, 2.24) is 0 Å². The van der Waals surface area contributed by atoms with Gasteiger partial charge >= 0.3 is 0 Å². The standard InChI is InChI=1S/C10H12O3S/c1-3-14(12,13)10-6-4-9(5-7-10)8(2)11/h4-7H,3H2,1-2H3. The van der Waals surface area contributed by atoms with Crippen LogP contribution in [0.25, 0.3) is 0 Å². The van der Waals surface area contributed by atoms with Gasteiger partial charge in [0, 0.05) is 5.56 Å². The summed E-state index contributed by atoms with van der Waals surface area (Å²) >= 11 is 0. The largest absolute Gasteiger partial charge is 0.295 e. The minimum absolute atomic E-state index is 0.0644. The molecule has 0 heterocycles. The highest BCUT2D eigenvalue weighted by molar-refractivity contribution is 7.91. The van der Waals surface area contributed by atoms with Crippen LogP contribution >= 0.6 is 0 Å². The summed E-state index contributed by atoms with van der Waals surface area (Å²) in [6, 6.07) is 6.00. The Morgan fingerprint density at radius 3 is 2.07 bits per heavy atom. The Bertz CT molecular complexity index is 429. The maximum Gasteiger partial charge on any atom is 0.178 e. The third kappa shape index (κ3) is 2.20. The topological polar surface area (TPSA) is 51.2 Å². The van der Waals surface area contributed by atoms with Crippen LogP contribution in [0.4, 0.5) is 0 Å². The lowest BCUT2D eigenvalue weighted by Crippen LogP contribution is -2.04. The van der Waals surface area contributed by atoms with Crippen LogP contribution in [0.5, 0.6) is 0 Å². The molecule has 0 spiro atoms. The maximum atomic E-state index is 11.4. The van der Waals surface area contributed by atoms with Crippen LogP contribution in [-0.2, 0) is 9.84 Å². The number of ketones is 1. The molecule has 0 bridgehead atoms. The number of carbonyl (C=O) groups excluding carboxylic acids is 1. The van der Waals surface area contributed by atoms with Crippen LogP contribution in [0.2, 0.25) is 0 Å². The van der Waals surface area contributed by atoms with Crippen molar-refractivity contribution in [2.24, 2.45) is 0 Å². The lowest BCUT2D eigenvalue weighted by molar-refractivity contribution is 0.101. The van der Waals surface area contributed by atoms with Crippen molar-refractivity contribution in [1.29, 1.82) is 0 Å². The summed E-state index contributed by atoms with van der Waals surface area (Å²) < 4.78 is 22.8. The molecule has 0 saturated heterocycles. The average Bonchev–Trinajstić information content (AvgIpc) is 2.18. The number of Topliss-reactive ketones (excluding diaryl/α,β-unsaturated/α-hetero) is 1. The van der Waals surface area contributed by atoms with E-state index >= 15 is 0 Å². The molecule has 0 aromatic heterocycles. The monoisotopic (exact) mass is 212 g/mol. The first-order valence-electron chi connectivity index (χ1n) is 4.31. The fraction of sp³-hybridized carbons (Fsp3) is 0.300. The van der Waals surface area contributed by atoms with E-state index in [4.69, 9.17) is 0 Å². The summed E-state index contributed by atoms with van der Waals surface area (Å²) in [6.07, 6.45) is 0. The molecule has 0 amide bonds. The normalized spacial score (nSPS) is 11.3. The van der Waals surface area contributed by atoms with E-state index in [9.17, 15) is 13.2 Å². The van der Waals surface area contributed by atoms with Gasteiger partial charge in [-0.1, -0.05) is 19.1 Å². The molecule has 3 nitrogen and oxygen atoms in total. The average molecular weight is 212 g/mol. The van der Waals surface area contributed by atoms with Crippen LogP contribution in [0, 0.1) is 0 Å². The minimum Gasteiger partial charge on any atom is -0.295 e. The molecule has 14 heavy (non-hydrogen) atoms. The highest BCUT2D eigenvalue weighted by Crippen LogP contribution is 2.12. The lowest BCUT2D eigenvalue weighted by Gasteiger charge is -2.01. The van der Waals surface area contributed by atoms with Crippen molar-refractivity contribution >= 4 is 15.6 Å². The Morgan fingerprint density at radius 2 is 1.71 bits per heavy atom. The Labute approximate surface area is 83.7 Å². The predicted molar refractivity (Wildman–Crippen MR) is 54.2 cm³/mol. The Balaban J connectivity index is 3.12. The SMILES string of the molecule is CCS(=O)(=O)c1ccc(C(C)=O)cc1. The summed E-state index contributed by atoms with van der Waals surface area (Å²) in [5.74, 6) is 0.0114. The molecule has 1 aromatic carbocycles. The first kappa shape index (κ1) is 10.9. The molecule has 0 N–H and O–H groups in total. The van der Waals surface area contributed by atoms with E-state index in [0.29, 0.717) is 5.56 Å². The van der Waals surface area contributed by atoms with E-state index in [1.54, 1.807) is 6.92 Å². The third-order valence-corrected chi connectivity index (χ3v) is 3.75. The quantitative estimate of drug-likeness (QED) is 0.716. The minimum atomic E-state index is -3.15. The third-order valence-electron chi connectivity index (χ3n) is 2.00. The number of hydrogen-bond acceptors (Lipinski definition) is 3. The van der Waals surface area contributed by atoms with Gasteiger partial charge in [-0.25, -0.2) is 8.42 Å². The van der Waals surface area contributed by atoms with Crippen molar-refractivity contribution in [2.75, 3.05) is 5.75 Å². The maximum absolute atomic E-state index is 11.4. The summed E-state index contributed by atoms with van der Waals surface area (Å²) in [7, 11) is -3.15. The predicted octanol–water partition coefficient (Wildman–Crippen LogP) is 1.68. The Kier molecular flexibility index (Phi) is 3.06. The second-order valence-electron chi connectivity index (χ2n) is 2.98. The number of rotatable bonds is 3. The molecule has 1 aromatic rings. The second-order valence-corrected chi connectivity index (χ2v) is 5.26. The van der Waals surface area contributed by atoms with E-state index in [-0.39, 0.29) is 16.4 Å². The molecule has 0 saturated carbocycles. The zero-order valence-electron chi connectivity index (χ0n) is 8.15. The van der Waals surface area contributed by atoms with Gasteiger partial charge in [0.1, 0.15) is 0 Å². The molecule has 0 radical (unpaired) electrons. The summed E-state index contributed by atoms with van der Waals surface area (Å²) in [6.45, 7) is 3.04. The summed E-state index contributed by atoms with van der Waals surface area (Å²) in [5.41, 5.74) is 0.528. The molecular formula is C10H12O3S. The summed E-state index contributed by atoms with van der Waals surface area (Å²) in [4.78, 5) is 11.2. The fourth-order valence-electron chi connectivity index (χ4n) is 1.06. The molecule has 0 fully saturated rings. The highest BCUT2D eigenvalue weighted by atomic mass is 32.2. The molecule has 1 rings (SSSR count). The van der Waals surface area contributed by atoms with E-state index < -0.39 is 9.84 Å². The van der Waals surface area contributed by atoms with Gasteiger partial charge in [-0.05, 0) is 19.1 Å². The van der Waals surface area contributed by atoms with Crippen molar-refractivity contribution in [3.8, 4) is 0 Å². The van der Waals surface area contributed by atoms with Gasteiger partial charge in [-0.2, -0.15) is 0 Å². The van der Waals surface area contributed by atoms with Gasteiger partial charge in [0.25, 0.3) is 0 Å². The number of sulfone groups is 1. The molecule has 76 valence electrons. The second kappa shape index (κ2) is 3.92. The zero-order valence-corrected chi connectivity index (χ0v) is 8.97. The van der Waals surface area contributed by atoms with Gasteiger partial charge in [0.15, 0.2) is 15.6 Å². The summed E-state index contributed by atoms with van der Waals surface area (Å²) in [5, 5.41) is 0. The van der Waals surface area contributed by atoms with E-state index in [0.717, 1.165) is 0 Å². The van der Waals surface area contributed by atoms with Gasteiger partial charge in [-0.3, -0.25) is 4.79 Å². The van der Waals surface area contributed by atoms with E-state index in [1.807, 2.05) is 0 Å². The van der Waals surface area contributed by atoms with E-state index in [1.165, 1.54) is 31.2 Å². The molecule has 0 aliphatic rings. The van der Waals surface area contributed by atoms with Crippen LogP contribution in [0.1, 0.15) is 24.2 Å². The highest BCUT2D eigenvalue weighted by Gasteiger charge is 2.11. The molecule has 0 aliphatic carbocycles. The fourth-order valence-corrected chi connectivity index (χ4v) is 1.95. The molecular weight excluding hydrogens is 200 g/mol. The van der Waals surface area contributed by atoms with E-state index in [2.05, 4.69) is 0 Å². The Hall–Kier alpha value is -1.16. The first-order valence-corrected chi connectivity index (χ1v) is 5.96. The van der Waals surface area contributed by atoms with Crippen molar-refractivity contribution in [3.05, 3.63) is 29.8 Å². The van der Waals surface area contributed by atoms with Crippen molar-refractivity contribution < 1.29 is 13.2 Å². The number of carbonyl (C=O) groups is 1. The van der Waals surface area contributed by atoms with Crippen LogP contribution < -0.4 is 0 Å². The van der Waals surface area contributed by atoms with Crippen LogP contribution in [-0.4, -0.2) is 20.0 Å². The molecule has 4 heteroatoms. The van der Waals surface area contributed by atoms with Gasteiger partial charge in [0.05, 0.1) is 10.6 Å². The van der Waals surface area contributed by atoms with Gasteiger partial charge in [0.2, 0.25) is 0 Å². The molecule has 0 unspecified atom stereocenters. The smallest absolute Gasteiger partial charge is 0.178 e. The zero-order chi connectivity index (χ0) is 10.8. The lowest BCUT2D eigenvalue weighted by atomic mass is 10.2. The van der Waals surface area contributed by atoms with Crippen LogP contribution in [0.15, 0.2) is 29.2 Å². The number of benzene rings is 1. The van der Waals surface area contributed by atoms with Crippen molar-refractivity contribution in [3.63, 3.8) is 0 Å². The molecule has 0 atom stereocenters. The Morgan fingerprint density at radius 1 is 1.21 bits per heavy atom. The first-order chi connectivity index (χ1) is 6.47.